The van der Waals surface area contributed by atoms with Gasteiger partial charge in [-0.2, -0.15) is 0 Å². The Balaban J connectivity index is 2.86. The van der Waals surface area contributed by atoms with Gasteiger partial charge in [0, 0.05) is 22.9 Å². The van der Waals surface area contributed by atoms with E-state index < -0.39 is 0 Å². The van der Waals surface area contributed by atoms with Gasteiger partial charge in [0.05, 0.1) is 6.61 Å². The molecule has 0 spiro atoms. The fourth-order valence-electron chi connectivity index (χ4n) is 1.71. The highest BCUT2D eigenvalue weighted by molar-refractivity contribution is 8.13. The topological polar surface area (TPSA) is 64.7 Å². The third kappa shape index (κ3) is 5.79. The van der Waals surface area contributed by atoms with E-state index >= 15 is 0 Å². The maximum atomic E-state index is 11.5. The van der Waals surface area contributed by atoms with Crippen LogP contribution in [0.25, 0.3) is 0 Å². The molecule has 1 aromatic carbocycles. The van der Waals surface area contributed by atoms with Gasteiger partial charge in [0.1, 0.15) is 5.75 Å². The van der Waals surface area contributed by atoms with E-state index in [0.717, 1.165) is 17.7 Å². The fraction of sp³-hybridized carbons (Fsp3) is 0.500. The summed E-state index contributed by atoms with van der Waals surface area (Å²) in [5.41, 5.74) is 7.58. The second kappa shape index (κ2) is 8.72. The van der Waals surface area contributed by atoms with E-state index in [0.29, 0.717) is 23.1 Å². The Hall–Kier alpha value is -1.49. The lowest BCUT2D eigenvalue weighted by molar-refractivity contribution is 0.101. The number of thioether (sulfide) groups is 1. The highest BCUT2D eigenvalue weighted by Crippen LogP contribution is 2.25. The van der Waals surface area contributed by atoms with Crippen LogP contribution in [0, 0.1) is 0 Å². The number of carbonyl (C=O) groups is 1. The summed E-state index contributed by atoms with van der Waals surface area (Å²) >= 11 is 1.47. The first-order valence-corrected chi connectivity index (χ1v) is 8.19. The predicted molar refractivity (Wildman–Crippen MR) is 90.3 cm³/mol. The highest BCUT2D eigenvalue weighted by atomic mass is 32.2. The predicted octanol–water partition coefficient (Wildman–Crippen LogP) is 3.63. The number of carbonyl (C=O) groups excluding carboxylic acids is 1. The Morgan fingerprint density at radius 3 is 2.71 bits per heavy atom. The second-order valence-electron chi connectivity index (χ2n) is 4.82. The zero-order valence-electron chi connectivity index (χ0n) is 13.2. The van der Waals surface area contributed by atoms with Crippen LogP contribution < -0.4 is 10.5 Å². The molecule has 0 fully saturated rings. The van der Waals surface area contributed by atoms with E-state index in [-0.39, 0.29) is 11.8 Å². The van der Waals surface area contributed by atoms with Crippen LogP contribution in [-0.4, -0.2) is 23.6 Å². The van der Waals surface area contributed by atoms with Crippen LogP contribution in [0.4, 0.5) is 0 Å². The van der Waals surface area contributed by atoms with E-state index in [2.05, 4.69) is 11.9 Å². The number of ketones is 1. The Kier molecular flexibility index (Phi) is 7.29. The third-order valence-electron chi connectivity index (χ3n) is 3.08. The van der Waals surface area contributed by atoms with Gasteiger partial charge in [0.25, 0.3) is 0 Å². The van der Waals surface area contributed by atoms with E-state index in [4.69, 9.17) is 10.5 Å². The molecule has 1 atom stereocenters. The first-order valence-electron chi connectivity index (χ1n) is 7.20. The van der Waals surface area contributed by atoms with Crippen molar-refractivity contribution in [2.24, 2.45) is 10.7 Å². The molecule has 0 aromatic heterocycles. The number of nitrogens with two attached hydrogens (primary N) is 1. The first kappa shape index (κ1) is 17.6. The average molecular weight is 308 g/mol. The van der Waals surface area contributed by atoms with Gasteiger partial charge in [-0.05, 0) is 45.4 Å². The van der Waals surface area contributed by atoms with Gasteiger partial charge in [-0.25, -0.2) is 0 Å². The minimum Gasteiger partial charge on any atom is -0.494 e. The van der Waals surface area contributed by atoms with Crippen molar-refractivity contribution in [3.63, 3.8) is 0 Å². The van der Waals surface area contributed by atoms with E-state index in [9.17, 15) is 4.79 Å². The maximum absolute atomic E-state index is 11.5. The number of aliphatic imine (C=N–C) groups is 1. The summed E-state index contributed by atoms with van der Waals surface area (Å²) in [4.78, 5) is 15.9. The summed E-state index contributed by atoms with van der Waals surface area (Å²) in [6.07, 6.45) is 0.964. The summed E-state index contributed by atoms with van der Waals surface area (Å²) in [7, 11) is 0. The van der Waals surface area contributed by atoms with Gasteiger partial charge < -0.3 is 10.5 Å². The number of ether oxygens (including phenoxy) is 1. The van der Waals surface area contributed by atoms with Gasteiger partial charge in [-0.1, -0.05) is 18.7 Å². The van der Waals surface area contributed by atoms with Crippen LogP contribution in [0.3, 0.4) is 0 Å². The second-order valence-corrected chi connectivity index (χ2v) is 5.82. The normalized spacial score (nSPS) is 13.0. The lowest BCUT2D eigenvalue weighted by atomic mass is 10.1. The van der Waals surface area contributed by atoms with Crippen LogP contribution in [0.2, 0.25) is 0 Å². The van der Waals surface area contributed by atoms with E-state index in [1.165, 1.54) is 11.8 Å². The van der Waals surface area contributed by atoms with Crippen molar-refractivity contribution in [3.05, 3.63) is 29.3 Å². The van der Waals surface area contributed by atoms with Gasteiger partial charge in [0.15, 0.2) is 11.0 Å². The van der Waals surface area contributed by atoms with Crippen molar-refractivity contribution in [1.82, 2.24) is 0 Å². The molecule has 0 aliphatic rings. The lowest BCUT2D eigenvalue weighted by Gasteiger charge is -2.11. The van der Waals surface area contributed by atoms with Crippen LogP contribution >= 0.6 is 11.8 Å². The molecule has 0 bridgehead atoms. The third-order valence-corrected chi connectivity index (χ3v) is 3.94. The molecular weight excluding hydrogens is 284 g/mol. The molecule has 0 heterocycles. The summed E-state index contributed by atoms with van der Waals surface area (Å²) < 4.78 is 5.60. The number of nitrogens with zero attached hydrogens (tertiary/aromatic N) is 1. The molecule has 0 aliphatic heterocycles. The highest BCUT2D eigenvalue weighted by Gasteiger charge is 2.09. The molecule has 1 aromatic rings. The summed E-state index contributed by atoms with van der Waals surface area (Å²) in [5, 5.41) is 0.569. The zero-order chi connectivity index (χ0) is 15.8. The molecule has 116 valence electrons. The molecular formula is C16H24N2O2S. The van der Waals surface area contributed by atoms with Crippen LogP contribution in [0.5, 0.6) is 5.75 Å². The number of hydrogen-bond acceptors (Lipinski definition) is 4. The Morgan fingerprint density at radius 2 is 2.14 bits per heavy atom. The molecule has 5 heteroatoms. The zero-order valence-corrected chi connectivity index (χ0v) is 14.0. The lowest BCUT2D eigenvalue weighted by Crippen LogP contribution is -2.11. The summed E-state index contributed by atoms with van der Waals surface area (Å²) in [6, 6.07) is 5.74. The SMILES string of the molecule is CCOc1ccc(C(C)=O)cc1CSC(N)=N[C@@H](C)CC. The number of benzene rings is 1. The largest absolute Gasteiger partial charge is 0.494 e. The molecule has 4 nitrogen and oxygen atoms in total. The molecule has 2 N–H and O–H groups in total. The van der Waals surface area contributed by atoms with E-state index in [1.807, 2.05) is 26.0 Å². The van der Waals surface area contributed by atoms with Crippen LogP contribution in [-0.2, 0) is 5.75 Å². The molecule has 0 aliphatic carbocycles. The number of amidine groups is 1. The number of Topliss-reactive ketones (excluding diaryl/α,β-unsaturated/α-hetero) is 1. The standard InChI is InChI=1S/C16H24N2O2S/c1-5-11(3)18-16(17)21-10-14-9-13(12(4)19)7-8-15(14)20-6-2/h7-9,11H,5-6,10H2,1-4H3,(H2,17,18)/t11-/m0/s1. The van der Waals surface area contributed by atoms with Crippen molar-refractivity contribution in [2.75, 3.05) is 6.61 Å². The molecule has 0 radical (unpaired) electrons. The number of rotatable bonds is 7. The first-order chi connectivity index (χ1) is 9.97. The smallest absolute Gasteiger partial charge is 0.159 e. The minimum absolute atomic E-state index is 0.0468. The Labute approximate surface area is 131 Å². The summed E-state index contributed by atoms with van der Waals surface area (Å²) in [6.45, 7) is 8.21. The van der Waals surface area contributed by atoms with Crippen molar-refractivity contribution in [1.29, 1.82) is 0 Å². The van der Waals surface area contributed by atoms with Crippen LogP contribution in [0.15, 0.2) is 23.2 Å². The molecule has 0 saturated heterocycles. The number of hydrogen-bond donors (Lipinski definition) is 1. The van der Waals surface area contributed by atoms with Crippen molar-refractivity contribution in [3.8, 4) is 5.75 Å². The van der Waals surface area contributed by atoms with Gasteiger partial charge in [-0.3, -0.25) is 9.79 Å². The molecule has 1 rings (SSSR count). The monoisotopic (exact) mass is 308 g/mol. The van der Waals surface area contributed by atoms with Crippen LogP contribution in [0.1, 0.15) is 50.0 Å². The van der Waals surface area contributed by atoms with Gasteiger partial charge in [-0.15, -0.1) is 0 Å². The van der Waals surface area contributed by atoms with Gasteiger partial charge in [0.2, 0.25) is 0 Å². The molecule has 0 amide bonds. The average Bonchev–Trinajstić information content (AvgIpc) is 2.46. The fourth-order valence-corrected chi connectivity index (χ4v) is 2.49. The molecule has 0 saturated carbocycles. The van der Waals surface area contributed by atoms with Gasteiger partial charge >= 0.3 is 0 Å². The minimum atomic E-state index is 0.0468. The maximum Gasteiger partial charge on any atom is 0.159 e. The quantitative estimate of drug-likeness (QED) is 0.474. The van der Waals surface area contributed by atoms with Crippen molar-refractivity contribution in [2.45, 2.75) is 45.9 Å². The Bertz CT molecular complexity index is 515. The van der Waals surface area contributed by atoms with E-state index in [1.54, 1.807) is 13.0 Å². The van der Waals surface area contributed by atoms with Crippen molar-refractivity contribution >= 4 is 22.7 Å². The summed E-state index contributed by atoms with van der Waals surface area (Å²) in [5.74, 6) is 1.49. The molecule has 0 unspecified atom stereocenters. The van der Waals surface area contributed by atoms with Crippen molar-refractivity contribution < 1.29 is 9.53 Å². The molecule has 21 heavy (non-hydrogen) atoms. The Morgan fingerprint density at radius 1 is 1.43 bits per heavy atom.